The van der Waals surface area contributed by atoms with Gasteiger partial charge in [0.05, 0.1) is 5.69 Å². The molecule has 3 rings (SSSR count). The van der Waals surface area contributed by atoms with Gasteiger partial charge in [-0.1, -0.05) is 6.92 Å². The lowest BCUT2D eigenvalue weighted by Crippen LogP contribution is -2.44. The van der Waals surface area contributed by atoms with E-state index in [0.29, 0.717) is 24.5 Å². The van der Waals surface area contributed by atoms with Crippen molar-refractivity contribution in [2.75, 3.05) is 23.3 Å². The van der Waals surface area contributed by atoms with Crippen LogP contribution in [0.5, 0.6) is 0 Å². The van der Waals surface area contributed by atoms with Gasteiger partial charge in [-0.15, -0.1) is 0 Å². The molecule has 0 bridgehead atoms. The number of nitrogens with zero attached hydrogens (tertiary/aromatic N) is 4. The SMILES string of the molecule is CCc1ncnc(N[C@H]2CCCN(c3ncc[nH]c3=O)C2)c1F. The number of anilines is 2. The Hall–Kier alpha value is -2.51. The summed E-state index contributed by atoms with van der Waals surface area (Å²) in [5.74, 6) is 0.220. The average Bonchev–Trinajstić information content (AvgIpc) is 2.57. The molecule has 0 saturated carbocycles. The number of nitrogens with one attached hydrogen (secondary N) is 2. The molecule has 2 aromatic heterocycles. The lowest BCUT2D eigenvalue weighted by atomic mass is 10.1. The summed E-state index contributed by atoms with van der Waals surface area (Å²) in [5, 5.41) is 3.14. The molecule has 3 heterocycles. The largest absolute Gasteiger partial charge is 0.363 e. The molecule has 7 nitrogen and oxygen atoms in total. The number of hydrogen-bond donors (Lipinski definition) is 2. The normalized spacial score (nSPS) is 18.0. The molecule has 8 heteroatoms. The fraction of sp³-hybridized carbons (Fsp3) is 0.467. The van der Waals surface area contributed by atoms with Crippen LogP contribution in [-0.2, 0) is 6.42 Å². The van der Waals surface area contributed by atoms with Gasteiger partial charge in [0.2, 0.25) is 0 Å². The minimum atomic E-state index is -0.400. The summed E-state index contributed by atoms with van der Waals surface area (Å²) in [4.78, 5) is 28.5. The average molecular weight is 318 g/mol. The van der Waals surface area contributed by atoms with E-state index in [1.165, 1.54) is 12.5 Å². The topological polar surface area (TPSA) is 86.8 Å². The highest BCUT2D eigenvalue weighted by Crippen LogP contribution is 2.20. The summed E-state index contributed by atoms with van der Waals surface area (Å²) >= 11 is 0. The van der Waals surface area contributed by atoms with Crippen molar-refractivity contribution in [2.24, 2.45) is 0 Å². The van der Waals surface area contributed by atoms with Gasteiger partial charge in [-0.05, 0) is 19.3 Å². The van der Waals surface area contributed by atoms with E-state index in [-0.39, 0.29) is 17.4 Å². The molecule has 0 aromatic carbocycles. The second-order valence-corrected chi connectivity index (χ2v) is 5.51. The molecule has 2 N–H and O–H groups in total. The van der Waals surface area contributed by atoms with E-state index in [9.17, 15) is 9.18 Å². The van der Waals surface area contributed by atoms with E-state index < -0.39 is 5.82 Å². The summed E-state index contributed by atoms with van der Waals surface area (Å²) in [5.41, 5.74) is 0.186. The van der Waals surface area contributed by atoms with E-state index in [1.807, 2.05) is 11.8 Å². The first-order chi connectivity index (χ1) is 11.2. The summed E-state index contributed by atoms with van der Waals surface area (Å²) in [7, 11) is 0. The maximum Gasteiger partial charge on any atom is 0.290 e. The first-order valence-electron chi connectivity index (χ1n) is 7.73. The van der Waals surface area contributed by atoms with Crippen LogP contribution in [0.3, 0.4) is 0 Å². The number of H-pyrrole nitrogens is 1. The van der Waals surface area contributed by atoms with E-state index >= 15 is 0 Å². The van der Waals surface area contributed by atoms with Crippen LogP contribution in [0.4, 0.5) is 16.0 Å². The third kappa shape index (κ3) is 3.30. The van der Waals surface area contributed by atoms with Crippen molar-refractivity contribution in [1.82, 2.24) is 19.9 Å². The van der Waals surface area contributed by atoms with E-state index in [4.69, 9.17) is 0 Å². The number of piperidine rings is 1. The highest BCUT2D eigenvalue weighted by molar-refractivity contribution is 5.41. The summed E-state index contributed by atoms with van der Waals surface area (Å²) in [6.07, 6.45) is 6.73. The van der Waals surface area contributed by atoms with Gasteiger partial charge in [-0.2, -0.15) is 0 Å². The standard InChI is InChI=1S/C15H19FN6O/c1-2-11-12(16)13(20-9-19-11)21-10-4-3-7-22(8-10)14-15(23)18-6-5-17-14/h5-6,9-10H,2-4,7-8H2,1H3,(H,18,23)(H,19,20,21)/t10-/m0/s1. The second-order valence-electron chi connectivity index (χ2n) is 5.51. The van der Waals surface area contributed by atoms with Gasteiger partial charge >= 0.3 is 0 Å². The van der Waals surface area contributed by atoms with Crippen molar-refractivity contribution in [3.63, 3.8) is 0 Å². The van der Waals surface area contributed by atoms with Crippen LogP contribution >= 0.6 is 0 Å². The van der Waals surface area contributed by atoms with E-state index in [2.05, 4.69) is 25.3 Å². The highest BCUT2D eigenvalue weighted by atomic mass is 19.1. The Morgan fingerprint density at radius 1 is 1.43 bits per heavy atom. The zero-order valence-electron chi connectivity index (χ0n) is 12.9. The molecule has 23 heavy (non-hydrogen) atoms. The van der Waals surface area contributed by atoms with E-state index in [0.717, 1.165) is 19.4 Å². The van der Waals surface area contributed by atoms with Gasteiger partial charge in [0.25, 0.3) is 5.56 Å². The van der Waals surface area contributed by atoms with Crippen molar-refractivity contribution in [3.05, 3.63) is 40.6 Å². The molecule has 0 radical (unpaired) electrons. The van der Waals surface area contributed by atoms with Gasteiger partial charge in [0, 0.05) is 31.5 Å². The van der Waals surface area contributed by atoms with Gasteiger partial charge in [-0.3, -0.25) is 4.79 Å². The third-order valence-electron chi connectivity index (χ3n) is 3.95. The molecule has 1 aliphatic rings. The molecular formula is C15H19FN6O. The first kappa shape index (κ1) is 15.4. The van der Waals surface area contributed by atoms with Crippen LogP contribution < -0.4 is 15.8 Å². The minimum Gasteiger partial charge on any atom is -0.363 e. The summed E-state index contributed by atoms with van der Waals surface area (Å²) in [6.45, 7) is 3.18. The molecular weight excluding hydrogens is 299 g/mol. The Kier molecular flexibility index (Phi) is 4.50. The van der Waals surface area contributed by atoms with Gasteiger partial charge in [0.15, 0.2) is 17.5 Å². The molecule has 1 aliphatic heterocycles. The lowest BCUT2D eigenvalue weighted by molar-refractivity contribution is 0.517. The second kappa shape index (κ2) is 6.72. The molecule has 0 amide bonds. The Balaban J connectivity index is 1.75. The zero-order chi connectivity index (χ0) is 16.2. The summed E-state index contributed by atoms with van der Waals surface area (Å²) < 4.78 is 14.2. The van der Waals surface area contributed by atoms with Crippen molar-refractivity contribution in [2.45, 2.75) is 32.2 Å². The van der Waals surface area contributed by atoms with Crippen molar-refractivity contribution in [1.29, 1.82) is 0 Å². The lowest BCUT2D eigenvalue weighted by Gasteiger charge is -2.33. The predicted molar refractivity (Wildman–Crippen MR) is 85.1 cm³/mol. The fourth-order valence-electron chi connectivity index (χ4n) is 2.80. The third-order valence-corrected chi connectivity index (χ3v) is 3.95. The van der Waals surface area contributed by atoms with Crippen molar-refractivity contribution in [3.8, 4) is 0 Å². The molecule has 122 valence electrons. The number of rotatable bonds is 4. The number of aryl methyl sites for hydroxylation is 1. The van der Waals surface area contributed by atoms with E-state index in [1.54, 1.807) is 6.20 Å². The monoisotopic (exact) mass is 318 g/mol. The highest BCUT2D eigenvalue weighted by Gasteiger charge is 2.24. The molecule has 1 fully saturated rings. The van der Waals surface area contributed by atoms with Crippen LogP contribution in [0.25, 0.3) is 0 Å². The molecule has 1 saturated heterocycles. The molecule has 0 unspecified atom stereocenters. The van der Waals surface area contributed by atoms with Crippen molar-refractivity contribution >= 4 is 11.6 Å². The van der Waals surface area contributed by atoms with Crippen LogP contribution in [0.15, 0.2) is 23.5 Å². The fourth-order valence-corrected chi connectivity index (χ4v) is 2.80. The quantitative estimate of drug-likeness (QED) is 0.885. The Labute approximate surface area is 133 Å². The molecule has 0 aliphatic carbocycles. The van der Waals surface area contributed by atoms with Gasteiger partial charge in [-0.25, -0.2) is 19.3 Å². The Morgan fingerprint density at radius 2 is 2.30 bits per heavy atom. The first-order valence-corrected chi connectivity index (χ1v) is 7.73. The number of halogens is 1. The smallest absolute Gasteiger partial charge is 0.290 e. The minimum absolute atomic E-state index is 0.000683. The van der Waals surface area contributed by atoms with Gasteiger partial charge < -0.3 is 15.2 Å². The summed E-state index contributed by atoms with van der Waals surface area (Å²) in [6, 6.07) is -0.000683. The number of aromatic nitrogens is 4. The van der Waals surface area contributed by atoms with Crippen LogP contribution in [0.1, 0.15) is 25.5 Å². The molecule has 0 spiro atoms. The number of aromatic amines is 1. The van der Waals surface area contributed by atoms with Crippen LogP contribution in [0.2, 0.25) is 0 Å². The van der Waals surface area contributed by atoms with Crippen molar-refractivity contribution < 1.29 is 4.39 Å². The maximum absolute atomic E-state index is 14.2. The predicted octanol–water partition coefficient (Wildman–Crippen LogP) is 1.34. The maximum atomic E-state index is 14.2. The Morgan fingerprint density at radius 3 is 3.09 bits per heavy atom. The molecule has 1 atom stereocenters. The van der Waals surface area contributed by atoms with Crippen LogP contribution in [0, 0.1) is 5.82 Å². The molecule has 2 aromatic rings. The Bertz CT molecular complexity index is 734. The van der Waals surface area contributed by atoms with Gasteiger partial charge in [0.1, 0.15) is 6.33 Å². The zero-order valence-corrected chi connectivity index (χ0v) is 12.9. The van der Waals surface area contributed by atoms with Crippen LogP contribution in [-0.4, -0.2) is 39.1 Å². The number of hydrogen-bond acceptors (Lipinski definition) is 6.